The molecule has 1 aliphatic rings. The molecule has 1 saturated heterocycles. The Hall–Kier alpha value is -3.11. The lowest BCUT2D eigenvalue weighted by Crippen LogP contribution is -3.16. The second-order valence-electron chi connectivity index (χ2n) is 7.22. The molecule has 30 heavy (non-hydrogen) atoms. The molecule has 1 amide bonds. The molecule has 7 heteroatoms. The van der Waals surface area contributed by atoms with Crippen LogP contribution in [0.15, 0.2) is 48.5 Å². The van der Waals surface area contributed by atoms with Gasteiger partial charge in [0.05, 0.1) is 56.7 Å². The standard InChI is InChI=1S/C23H27FN4O2/c1-2-30-22-11-6-5-10-21(22)27-16-14-26(15-17-27)18-23(29)28(13-7-12-25)20-9-4-3-8-19(20)24/h3-6,8-11H,2,7,13-18H2,1H3/p+1. The van der Waals surface area contributed by atoms with Crippen molar-refractivity contribution >= 4 is 17.3 Å². The number of ether oxygens (including phenoxy) is 1. The van der Waals surface area contributed by atoms with E-state index in [4.69, 9.17) is 10.00 Å². The van der Waals surface area contributed by atoms with Gasteiger partial charge in [0.25, 0.3) is 5.91 Å². The lowest BCUT2D eigenvalue weighted by Gasteiger charge is -2.35. The highest BCUT2D eigenvalue weighted by Gasteiger charge is 2.27. The summed E-state index contributed by atoms with van der Waals surface area (Å²) in [6.07, 6.45) is 0.164. The second kappa shape index (κ2) is 10.6. The van der Waals surface area contributed by atoms with Gasteiger partial charge in [0.2, 0.25) is 0 Å². The molecule has 0 saturated carbocycles. The van der Waals surface area contributed by atoms with Gasteiger partial charge in [-0.25, -0.2) is 4.39 Å². The van der Waals surface area contributed by atoms with Gasteiger partial charge < -0.3 is 19.4 Å². The van der Waals surface area contributed by atoms with Gasteiger partial charge in [-0.05, 0) is 31.2 Å². The van der Waals surface area contributed by atoms with Crippen molar-refractivity contribution in [3.05, 3.63) is 54.3 Å². The first kappa shape index (κ1) is 21.6. The van der Waals surface area contributed by atoms with Crippen LogP contribution in [0.1, 0.15) is 13.3 Å². The molecule has 2 aromatic carbocycles. The molecule has 0 radical (unpaired) electrons. The lowest BCUT2D eigenvalue weighted by molar-refractivity contribution is -0.892. The van der Waals surface area contributed by atoms with Crippen LogP contribution in [-0.2, 0) is 4.79 Å². The fourth-order valence-corrected chi connectivity index (χ4v) is 3.76. The molecular formula is C23H28FN4O2+. The minimum atomic E-state index is -0.448. The van der Waals surface area contributed by atoms with E-state index in [1.807, 2.05) is 31.2 Å². The third-order valence-electron chi connectivity index (χ3n) is 5.27. The zero-order valence-electron chi connectivity index (χ0n) is 17.3. The summed E-state index contributed by atoms with van der Waals surface area (Å²) in [6, 6.07) is 16.3. The van der Waals surface area contributed by atoms with Crippen LogP contribution in [0.2, 0.25) is 0 Å². The number of quaternary nitrogens is 1. The van der Waals surface area contributed by atoms with E-state index in [1.165, 1.54) is 11.0 Å². The molecule has 1 heterocycles. The Labute approximate surface area is 177 Å². The first-order valence-electron chi connectivity index (χ1n) is 10.4. The maximum Gasteiger partial charge on any atom is 0.282 e. The third kappa shape index (κ3) is 5.28. The molecule has 0 aliphatic carbocycles. The number of carbonyl (C=O) groups is 1. The van der Waals surface area contributed by atoms with Crippen LogP contribution in [0, 0.1) is 17.1 Å². The van der Waals surface area contributed by atoms with Crippen LogP contribution in [0.25, 0.3) is 0 Å². The Morgan fingerprint density at radius 3 is 2.60 bits per heavy atom. The van der Waals surface area contributed by atoms with Gasteiger partial charge in [0.1, 0.15) is 11.6 Å². The van der Waals surface area contributed by atoms with Crippen molar-refractivity contribution in [1.29, 1.82) is 5.26 Å². The summed E-state index contributed by atoms with van der Waals surface area (Å²) in [5.74, 6) is 0.270. The van der Waals surface area contributed by atoms with Crippen molar-refractivity contribution in [3.63, 3.8) is 0 Å². The van der Waals surface area contributed by atoms with E-state index in [0.717, 1.165) is 42.5 Å². The van der Waals surface area contributed by atoms with Crippen molar-refractivity contribution in [3.8, 4) is 11.8 Å². The molecule has 6 nitrogen and oxygen atoms in total. The van der Waals surface area contributed by atoms with E-state index in [-0.39, 0.29) is 31.1 Å². The Balaban J connectivity index is 1.62. The van der Waals surface area contributed by atoms with Crippen molar-refractivity contribution in [2.24, 2.45) is 0 Å². The topological polar surface area (TPSA) is 61.0 Å². The van der Waals surface area contributed by atoms with E-state index >= 15 is 0 Å². The number of para-hydroxylation sites is 3. The number of nitriles is 1. The maximum absolute atomic E-state index is 14.2. The number of benzene rings is 2. The maximum atomic E-state index is 14.2. The van der Waals surface area contributed by atoms with Gasteiger partial charge in [-0.3, -0.25) is 4.79 Å². The van der Waals surface area contributed by atoms with Gasteiger partial charge in [-0.2, -0.15) is 5.26 Å². The monoisotopic (exact) mass is 411 g/mol. The van der Waals surface area contributed by atoms with Gasteiger partial charge in [-0.1, -0.05) is 24.3 Å². The fraction of sp³-hybridized carbons (Fsp3) is 0.391. The molecule has 158 valence electrons. The highest BCUT2D eigenvalue weighted by atomic mass is 19.1. The molecule has 3 rings (SSSR count). The van der Waals surface area contributed by atoms with Crippen molar-refractivity contribution < 1.29 is 18.8 Å². The SMILES string of the molecule is CCOc1ccccc1N1CC[NH+](CC(=O)N(CCC#N)c2ccccc2F)CC1. The van der Waals surface area contributed by atoms with Crippen LogP contribution >= 0.6 is 0 Å². The highest BCUT2D eigenvalue weighted by Crippen LogP contribution is 2.27. The predicted octanol–water partition coefficient (Wildman–Crippen LogP) is 1.88. The van der Waals surface area contributed by atoms with Crippen LogP contribution in [-0.4, -0.2) is 51.8 Å². The van der Waals surface area contributed by atoms with E-state index in [2.05, 4.69) is 11.0 Å². The van der Waals surface area contributed by atoms with Gasteiger partial charge in [0, 0.05) is 6.54 Å². The van der Waals surface area contributed by atoms with Crippen LogP contribution < -0.4 is 19.4 Å². The predicted molar refractivity (Wildman–Crippen MR) is 114 cm³/mol. The smallest absolute Gasteiger partial charge is 0.282 e. The largest absolute Gasteiger partial charge is 0.492 e. The molecule has 0 unspecified atom stereocenters. The molecule has 0 spiro atoms. The Morgan fingerprint density at radius 2 is 1.90 bits per heavy atom. The van der Waals surface area contributed by atoms with E-state index in [1.54, 1.807) is 18.2 Å². The van der Waals surface area contributed by atoms with Crippen LogP contribution in [0.3, 0.4) is 0 Å². The van der Waals surface area contributed by atoms with Crippen molar-refractivity contribution in [1.82, 2.24) is 0 Å². The van der Waals surface area contributed by atoms with E-state index in [9.17, 15) is 9.18 Å². The molecule has 1 N–H and O–H groups in total. The van der Waals surface area contributed by atoms with E-state index < -0.39 is 5.82 Å². The second-order valence-corrected chi connectivity index (χ2v) is 7.22. The Morgan fingerprint density at radius 1 is 1.20 bits per heavy atom. The van der Waals surface area contributed by atoms with Crippen LogP contribution in [0.4, 0.5) is 15.8 Å². The number of carbonyl (C=O) groups excluding carboxylic acids is 1. The summed E-state index contributed by atoms with van der Waals surface area (Å²) in [6.45, 7) is 6.28. The molecular weight excluding hydrogens is 383 g/mol. The first-order valence-corrected chi connectivity index (χ1v) is 10.4. The third-order valence-corrected chi connectivity index (χ3v) is 5.27. The molecule has 0 atom stereocenters. The van der Waals surface area contributed by atoms with Gasteiger partial charge in [-0.15, -0.1) is 0 Å². The van der Waals surface area contributed by atoms with E-state index in [0.29, 0.717) is 6.61 Å². The number of anilines is 2. The van der Waals surface area contributed by atoms with Crippen molar-refractivity contribution in [2.75, 3.05) is 55.7 Å². The molecule has 2 aromatic rings. The quantitative estimate of drug-likeness (QED) is 0.721. The fourth-order valence-electron chi connectivity index (χ4n) is 3.76. The molecule has 0 aromatic heterocycles. The van der Waals surface area contributed by atoms with Crippen molar-refractivity contribution in [2.45, 2.75) is 13.3 Å². The Kier molecular flexibility index (Phi) is 7.63. The number of piperazine rings is 1. The summed E-state index contributed by atoms with van der Waals surface area (Å²) in [7, 11) is 0. The summed E-state index contributed by atoms with van der Waals surface area (Å²) in [5, 5.41) is 8.93. The molecule has 0 bridgehead atoms. The summed E-state index contributed by atoms with van der Waals surface area (Å²) in [4.78, 5) is 17.8. The first-order chi connectivity index (χ1) is 14.6. The lowest BCUT2D eigenvalue weighted by atomic mass is 10.2. The number of hydrogen-bond acceptors (Lipinski definition) is 4. The highest BCUT2D eigenvalue weighted by molar-refractivity contribution is 5.94. The summed E-state index contributed by atoms with van der Waals surface area (Å²) >= 11 is 0. The minimum Gasteiger partial charge on any atom is -0.492 e. The number of amides is 1. The van der Waals surface area contributed by atoms with Gasteiger partial charge >= 0.3 is 0 Å². The summed E-state index contributed by atoms with van der Waals surface area (Å²) < 4.78 is 20.0. The number of rotatable bonds is 8. The average Bonchev–Trinajstić information content (AvgIpc) is 2.76. The Bertz CT molecular complexity index is 891. The van der Waals surface area contributed by atoms with Gasteiger partial charge in [0.15, 0.2) is 6.54 Å². The number of halogens is 1. The molecule has 1 fully saturated rings. The van der Waals surface area contributed by atoms with Crippen LogP contribution in [0.5, 0.6) is 5.75 Å². The summed E-state index contributed by atoms with van der Waals surface area (Å²) in [5.41, 5.74) is 1.31. The number of nitrogens with one attached hydrogen (secondary N) is 1. The number of hydrogen-bond donors (Lipinski definition) is 1. The normalized spacial score (nSPS) is 14.2. The minimum absolute atomic E-state index is 0.159. The average molecular weight is 412 g/mol. The number of nitrogens with zero attached hydrogens (tertiary/aromatic N) is 3. The zero-order chi connectivity index (χ0) is 21.3. The molecule has 1 aliphatic heterocycles. The zero-order valence-corrected chi connectivity index (χ0v) is 17.3.